The SMILES string of the molecule is CCOC(=O)Cc1nnc(SCC(=O)C(C#N)c2nc(C)cs2)n1Cc1ccco1. The fourth-order valence-electron chi connectivity index (χ4n) is 2.60. The molecule has 3 aromatic rings. The molecular formula is C19H19N5O4S2. The number of esters is 1. The number of ketones is 1. The van der Waals surface area contributed by atoms with E-state index in [1.807, 2.05) is 18.4 Å². The first-order valence-electron chi connectivity index (χ1n) is 9.09. The molecule has 0 aliphatic rings. The van der Waals surface area contributed by atoms with Crippen molar-refractivity contribution in [1.82, 2.24) is 19.7 Å². The minimum Gasteiger partial charge on any atom is -0.467 e. The number of nitrogens with zero attached hydrogens (tertiary/aromatic N) is 5. The molecule has 3 heterocycles. The van der Waals surface area contributed by atoms with E-state index in [4.69, 9.17) is 9.15 Å². The molecule has 11 heteroatoms. The summed E-state index contributed by atoms with van der Waals surface area (Å²) in [7, 11) is 0. The van der Waals surface area contributed by atoms with Gasteiger partial charge in [0.25, 0.3) is 0 Å². The zero-order valence-electron chi connectivity index (χ0n) is 16.4. The van der Waals surface area contributed by atoms with Gasteiger partial charge < -0.3 is 9.15 Å². The average molecular weight is 446 g/mol. The molecule has 9 nitrogen and oxygen atoms in total. The van der Waals surface area contributed by atoms with E-state index >= 15 is 0 Å². The summed E-state index contributed by atoms with van der Waals surface area (Å²) in [5, 5.41) is 20.4. The summed E-state index contributed by atoms with van der Waals surface area (Å²) in [6.45, 7) is 4.12. The van der Waals surface area contributed by atoms with Crippen LogP contribution in [0.15, 0.2) is 33.3 Å². The minimum atomic E-state index is -0.920. The van der Waals surface area contributed by atoms with Crippen molar-refractivity contribution < 1.29 is 18.7 Å². The van der Waals surface area contributed by atoms with Gasteiger partial charge in [0.05, 0.1) is 31.2 Å². The second kappa shape index (κ2) is 10.2. The Labute approximate surface area is 181 Å². The van der Waals surface area contributed by atoms with E-state index in [0.717, 1.165) is 17.5 Å². The van der Waals surface area contributed by atoms with Crippen molar-refractivity contribution in [3.05, 3.63) is 46.1 Å². The molecule has 30 heavy (non-hydrogen) atoms. The first-order valence-corrected chi connectivity index (χ1v) is 11.0. The molecular weight excluding hydrogens is 426 g/mol. The van der Waals surface area contributed by atoms with Crippen LogP contribution in [0.5, 0.6) is 0 Å². The van der Waals surface area contributed by atoms with Gasteiger partial charge in [-0.2, -0.15) is 5.26 Å². The molecule has 0 N–H and O–H groups in total. The van der Waals surface area contributed by atoms with Gasteiger partial charge in [0.1, 0.15) is 23.0 Å². The average Bonchev–Trinajstić information content (AvgIpc) is 3.45. The Morgan fingerprint density at radius 3 is 2.90 bits per heavy atom. The standard InChI is InChI=1S/C19H19N5O4S2/c1-3-27-17(26)7-16-22-23-19(24(16)9-13-5-4-6-28-13)30-11-15(25)14(8-20)18-21-12(2)10-29-18/h4-6,10,14H,3,7,9,11H2,1-2H3. The van der Waals surface area contributed by atoms with Crippen molar-refractivity contribution in [3.8, 4) is 6.07 Å². The summed E-state index contributed by atoms with van der Waals surface area (Å²) in [6, 6.07) is 5.58. The lowest BCUT2D eigenvalue weighted by Gasteiger charge is -2.09. The predicted octanol–water partition coefficient (Wildman–Crippen LogP) is 2.76. The highest BCUT2D eigenvalue weighted by molar-refractivity contribution is 7.99. The van der Waals surface area contributed by atoms with Crippen molar-refractivity contribution in [2.75, 3.05) is 12.4 Å². The Morgan fingerprint density at radius 2 is 2.27 bits per heavy atom. The van der Waals surface area contributed by atoms with Gasteiger partial charge in [-0.05, 0) is 26.0 Å². The van der Waals surface area contributed by atoms with Crippen LogP contribution < -0.4 is 0 Å². The maximum absolute atomic E-state index is 12.6. The first-order chi connectivity index (χ1) is 14.5. The highest BCUT2D eigenvalue weighted by Gasteiger charge is 2.25. The number of carbonyl (C=O) groups is 2. The second-order valence-electron chi connectivity index (χ2n) is 6.19. The number of ether oxygens (including phenoxy) is 1. The van der Waals surface area contributed by atoms with Crippen LogP contribution in [-0.4, -0.2) is 43.9 Å². The minimum absolute atomic E-state index is 0.0204. The zero-order valence-corrected chi connectivity index (χ0v) is 18.0. The third-order valence-corrected chi connectivity index (χ3v) is 5.99. The molecule has 3 rings (SSSR count). The molecule has 0 bridgehead atoms. The van der Waals surface area contributed by atoms with E-state index in [0.29, 0.717) is 28.3 Å². The molecule has 0 saturated heterocycles. The quantitative estimate of drug-likeness (QED) is 0.342. The third-order valence-electron chi connectivity index (χ3n) is 3.97. The van der Waals surface area contributed by atoms with Gasteiger partial charge in [-0.3, -0.25) is 14.2 Å². The number of aryl methyl sites for hydroxylation is 1. The number of aromatic nitrogens is 4. The maximum Gasteiger partial charge on any atom is 0.313 e. The van der Waals surface area contributed by atoms with Crippen molar-refractivity contribution in [3.63, 3.8) is 0 Å². The lowest BCUT2D eigenvalue weighted by molar-refractivity contribution is -0.142. The first kappa shape index (κ1) is 21.7. The third kappa shape index (κ3) is 5.34. The second-order valence-corrected chi connectivity index (χ2v) is 8.02. The maximum atomic E-state index is 12.6. The smallest absolute Gasteiger partial charge is 0.313 e. The molecule has 0 amide bonds. The van der Waals surface area contributed by atoms with Crippen molar-refractivity contribution in [2.24, 2.45) is 0 Å². The van der Waals surface area contributed by atoms with E-state index in [-0.39, 0.29) is 24.6 Å². The summed E-state index contributed by atoms with van der Waals surface area (Å²) >= 11 is 2.45. The largest absolute Gasteiger partial charge is 0.467 e. The fourth-order valence-corrected chi connectivity index (χ4v) is 4.33. The monoisotopic (exact) mass is 445 g/mol. The van der Waals surface area contributed by atoms with E-state index in [1.165, 1.54) is 11.3 Å². The molecule has 3 aromatic heterocycles. The Balaban J connectivity index is 1.75. The van der Waals surface area contributed by atoms with Crippen LogP contribution in [0.4, 0.5) is 0 Å². The molecule has 0 aliphatic carbocycles. The number of hydrogen-bond donors (Lipinski definition) is 0. The van der Waals surface area contributed by atoms with Crippen molar-refractivity contribution in [2.45, 2.75) is 37.9 Å². The highest BCUT2D eigenvalue weighted by Crippen LogP contribution is 2.25. The number of rotatable bonds is 10. The van der Waals surface area contributed by atoms with Gasteiger partial charge in [0.2, 0.25) is 0 Å². The van der Waals surface area contributed by atoms with Gasteiger partial charge in [0, 0.05) is 11.1 Å². The summed E-state index contributed by atoms with van der Waals surface area (Å²) < 4.78 is 12.1. The van der Waals surface area contributed by atoms with Crippen molar-refractivity contribution in [1.29, 1.82) is 5.26 Å². The number of carbonyl (C=O) groups excluding carboxylic acids is 2. The van der Waals surface area contributed by atoms with E-state index in [2.05, 4.69) is 15.2 Å². The summed E-state index contributed by atoms with van der Waals surface area (Å²) in [6.07, 6.45) is 1.50. The number of Topliss-reactive ketones (excluding diaryl/α,β-unsaturated/α-hetero) is 1. The summed E-state index contributed by atoms with van der Waals surface area (Å²) in [4.78, 5) is 28.8. The van der Waals surface area contributed by atoms with Crippen LogP contribution in [0, 0.1) is 18.3 Å². The molecule has 0 saturated carbocycles. The fraction of sp³-hybridized carbons (Fsp3) is 0.368. The lowest BCUT2D eigenvalue weighted by Crippen LogP contribution is -2.15. The molecule has 0 radical (unpaired) electrons. The molecule has 0 aliphatic heterocycles. The molecule has 156 valence electrons. The van der Waals surface area contributed by atoms with E-state index in [1.54, 1.807) is 29.9 Å². The van der Waals surface area contributed by atoms with Crippen LogP contribution >= 0.6 is 23.1 Å². The van der Waals surface area contributed by atoms with Gasteiger partial charge >= 0.3 is 5.97 Å². The van der Waals surface area contributed by atoms with E-state index in [9.17, 15) is 14.9 Å². The summed E-state index contributed by atoms with van der Waals surface area (Å²) in [5.41, 5.74) is 0.775. The molecule has 1 atom stereocenters. The van der Waals surface area contributed by atoms with Gasteiger partial charge in [-0.1, -0.05) is 11.8 Å². The number of nitriles is 1. The Bertz CT molecular complexity index is 1050. The normalized spacial score (nSPS) is 11.8. The van der Waals surface area contributed by atoms with Crippen LogP contribution in [0.25, 0.3) is 0 Å². The van der Waals surface area contributed by atoms with Crippen LogP contribution in [0.2, 0.25) is 0 Å². The topological polar surface area (TPSA) is 124 Å². The summed E-state index contributed by atoms with van der Waals surface area (Å²) in [5.74, 6) is -0.518. The lowest BCUT2D eigenvalue weighted by atomic mass is 10.1. The number of furan rings is 1. The number of hydrogen-bond acceptors (Lipinski definition) is 10. The zero-order chi connectivity index (χ0) is 21.5. The number of thioether (sulfide) groups is 1. The van der Waals surface area contributed by atoms with Crippen LogP contribution in [-0.2, 0) is 27.3 Å². The number of thiazole rings is 1. The van der Waals surface area contributed by atoms with Gasteiger partial charge in [0.15, 0.2) is 16.9 Å². The van der Waals surface area contributed by atoms with E-state index < -0.39 is 11.9 Å². The Kier molecular flexibility index (Phi) is 7.37. The Hall–Kier alpha value is -2.97. The van der Waals surface area contributed by atoms with Crippen LogP contribution in [0.1, 0.15) is 35.1 Å². The van der Waals surface area contributed by atoms with Gasteiger partial charge in [-0.25, -0.2) is 4.98 Å². The van der Waals surface area contributed by atoms with Crippen LogP contribution in [0.3, 0.4) is 0 Å². The molecule has 1 unspecified atom stereocenters. The van der Waals surface area contributed by atoms with Crippen molar-refractivity contribution >= 4 is 34.9 Å². The molecule has 0 spiro atoms. The Morgan fingerprint density at radius 1 is 1.43 bits per heavy atom. The van der Waals surface area contributed by atoms with Gasteiger partial charge in [-0.15, -0.1) is 21.5 Å². The highest BCUT2D eigenvalue weighted by atomic mass is 32.2. The molecule has 0 fully saturated rings. The molecule has 0 aromatic carbocycles. The predicted molar refractivity (Wildman–Crippen MR) is 109 cm³/mol.